The Morgan fingerprint density at radius 3 is 3.15 bits per heavy atom. The zero-order valence-corrected chi connectivity index (χ0v) is 11.8. The van der Waals surface area contributed by atoms with E-state index in [2.05, 4.69) is 26.9 Å². The van der Waals surface area contributed by atoms with Crippen LogP contribution in [0.1, 0.15) is 17.0 Å². The summed E-state index contributed by atoms with van der Waals surface area (Å²) >= 11 is 0. The third-order valence-corrected chi connectivity index (χ3v) is 3.83. The molecular weight excluding hydrogens is 254 g/mol. The van der Waals surface area contributed by atoms with Crippen molar-refractivity contribution in [2.45, 2.75) is 6.42 Å². The van der Waals surface area contributed by atoms with E-state index in [1.54, 1.807) is 11.1 Å². The highest BCUT2D eigenvalue weighted by atomic mass is 16.2. The van der Waals surface area contributed by atoms with E-state index in [4.69, 9.17) is 0 Å². The second kappa shape index (κ2) is 5.20. The van der Waals surface area contributed by atoms with Crippen molar-refractivity contribution in [1.82, 2.24) is 24.8 Å². The van der Waals surface area contributed by atoms with E-state index >= 15 is 0 Å². The van der Waals surface area contributed by atoms with E-state index in [9.17, 15) is 4.79 Å². The molecule has 0 radical (unpaired) electrons. The smallest absolute Gasteiger partial charge is 0.289 e. The second-order valence-corrected chi connectivity index (χ2v) is 5.56. The number of nitrogens with zero attached hydrogens (tertiary/aromatic N) is 4. The summed E-state index contributed by atoms with van der Waals surface area (Å²) in [7, 11) is 3.95. The van der Waals surface area contributed by atoms with Crippen molar-refractivity contribution in [2.24, 2.45) is 5.92 Å². The molecule has 0 spiro atoms. The van der Waals surface area contributed by atoms with Crippen molar-refractivity contribution in [3.05, 3.63) is 24.2 Å². The molecule has 1 amide bonds. The number of carbonyl (C=O) groups is 1. The van der Waals surface area contributed by atoms with Gasteiger partial charge in [0.25, 0.3) is 5.91 Å². The van der Waals surface area contributed by atoms with E-state index in [-0.39, 0.29) is 5.91 Å². The molecule has 3 heterocycles. The lowest BCUT2D eigenvalue weighted by Gasteiger charge is -2.20. The molecule has 1 aliphatic heterocycles. The van der Waals surface area contributed by atoms with Gasteiger partial charge in [-0.3, -0.25) is 4.79 Å². The van der Waals surface area contributed by atoms with E-state index < -0.39 is 0 Å². The predicted molar refractivity (Wildman–Crippen MR) is 76.5 cm³/mol. The number of aromatic amines is 1. The van der Waals surface area contributed by atoms with Crippen molar-refractivity contribution >= 4 is 17.1 Å². The number of pyridine rings is 1. The molecule has 0 bridgehead atoms. The maximum absolute atomic E-state index is 12.4. The summed E-state index contributed by atoms with van der Waals surface area (Å²) in [6.07, 6.45) is 2.82. The predicted octanol–water partition coefficient (Wildman–Crippen LogP) is 0.982. The largest absolute Gasteiger partial charge is 0.339 e. The summed E-state index contributed by atoms with van der Waals surface area (Å²) in [5, 5.41) is 0. The van der Waals surface area contributed by atoms with Crippen LogP contribution in [0.5, 0.6) is 0 Å². The fourth-order valence-corrected chi connectivity index (χ4v) is 2.77. The highest BCUT2D eigenvalue weighted by Crippen LogP contribution is 2.16. The molecule has 2 aromatic rings. The number of fused-ring (bicyclic) bond motifs is 1. The quantitative estimate of drug-likeness (QED) is 0.905. The third-order valence-electron chi connectivity index (χ3n) is 3.83. The van der Waals surface area contributed by atoms with Gasteiger partial charge in [0.2, 0.25) is 0 Å². The van der Waals surface area contributed by atoms with Gasteiger partial charge in [-0.05, 0) is 38.1 Å². The molecule has 1 N–H and O–H groups in total. The minimum Gasteiger partial charge on any atom is -0.339 e. The minimum atomic E-state index is -0.0717. The fourth-order valence-electron chi connectivity index (χ4n) is 2.77. The van der Waals surface area contributed by atoms with Gasteiger partial charge >= 0.3 is 0 Å². The molecule has 1 atom stereocenters. The van der Waals surface area contributed by atoms with Crippen molar-refractivity contribution in [1.29, 1.82) is 0 Å². The van der Waals surface area contributed by atoms with Gasteiger partial charge in [-0.2, -0.15) is 0 Å². The van der Waals surface area contributed by atoms with Gasteiger partial charge in [0, 0.05) is 26.3 Å². The first-order chi connectivity index (χ1) is 9.63. The molecule has 1 aliphatic rings. The molecule has 0 saturated carbocycles. The molecule has 1 fully saturated rings. The van der Waals surface area contributed by atoms with Crippen LogP contribution in [0.4, 0.5) is 0 Å². The second-order valence-electron chi connectivity index (χ2n) is 5.56. The molecule has 0 aliphatic carbocycles. The molecule has 20 heavy (non-hydrogen) atoms. The van der Waals surface area contributed by atoms with Crippen LogP contribution in [-0.4, -0.2) is 64.4 Å². The molecule has 6 nitrogen and oxygen atoms in total. The summed E-state index contributed by atoms with van der Waals surface area (Å²) in [5.74, 6) is 0.849. The van der Waals surface area contributed by atoms with Crippen LogP contribution in [0.2, 0.25) is 0 Å². The van der Waals surface area contributed by atoms with Gasteiger partial charge in [-0.25, -0.2) is 9.97 Å². The highest BCUT2D eigenvalue weighted by molar-refractivity contribution is 5.93. The van der Waals surface area contributed by atoms with Gasteiger partial charge in [0.1, 0.15) is 0 Å². The number of aromatic nitrogens is 3. The average Bonchev–Trinajstić information content (AvgIpc) is 3.03. The molecular formula is C14H19N5O. The van der Waals surface area contributed by atoms with Crippen molar-refractivity contribution < 1.29 is 4.79 Å². The number of hydrogen-bond donors (Lipinski definition) is 1. The number of rotatable bonds is 3. The Hall–Kier alpha value is -1.95. The number of amides is 1. The number of nitrogens with one attached hydrogen (secondary N) is 1. The fraction of sp³-hybridized carbons (Fsp3) is 0.500. The van der Waals surface area contributed by atoms with E-state index in [0.717, 1.165) is 31.6 Å². The molecule has 0 unspecified atom stereocenters. The molecule has 3 rings (SSSR count). The first kappa shape index (κ1) is 13.1. The van der Waals surface area contributed by atoms with Crippen molar-refractivity contribution in [2.75, 3.05) is 33.7 Å². The lowest BCUT2D eigenvalue weighted by molar-refractivity contribution is 0.0763. The first-order valence-corrected chi connectivity index (χ1v) is 6.88. The number of likely N-dealkylation sites (tertiary alicyclic amines) is 1. The summed E-state index contributed by atoms with van der Waals surface area (Å²) < 4.78 is 0. The van der Waals surface area contributed by atoms with Gasteiger partial charge in [0.15, 0.2) is 11.5 Å². The molecule has 0 aromatic carbocycles. The Morgan fingerprint density at radius 1 is 1.60 bits per heavy atom. The maximum atomic E-state index is 12.4. The first-order valence-electron chi connectivity index (χ1n) is 6.88. The van der Waals surface area contributed by atoms with Gasteiger partial charge < -0.3 is 14.8 Å². The van der Waals surface area contributed by atoms with Crippen LogP contribution in [0.15, 0.2) is 18.3 Å². The zero-order valence-electron chi connectivity index (χ0n) is 11.8. The number of H-pyrrole nitrogens is 1. The van der Waals surface area contributed by atoms with E-state index in [1.807, 2.05) is 19.2 Å². The molecule has 6 heteroatoms. The molecule has 2 aromatic heterocycles. The summed E-state index contributed by atoms with van der Waals surface area (Å²) in [6, 6.07) is 3.70. The van der Waals surface area contributed by atoms with Crippen LogP contribution < -0.4 is 0 Å². The standard InChI is InChI=1S/C14H19N5O/c1-18-7-5-10(8-18)9-19(2)14(20)13-16-11-4-3-6-15-12(11)17-13/h3-4,6,10H,5,7-9H2,1-2H3,(H,15,16,17)/t10-/m0/s1. The van der Waals surface area contributed by atoms with Gasteiger partial charge in [-0.1, -0.05) is 0 Å². The average molecular weight is 273 g/mol. The molecule has 1 saturated heterocycles. The Kier molecular flexibility index (Phi) is 3.40. The van der Waals surface area contributed by atoms with Gasteiger partial charge in [-0.15, -0.1) is 0 Å². The Balaban J connectivity index is 1.71. The van der Waals surface area contributed by atoms with Gasteiger partial charge in [0.05, 0.1) is 5.52 Å². The lowest BCUT2D eigenvalue weighted by Crippen LogP contribution is -2.33. The van der Waals surface area contributed by atoms with E-state index in [0.29, 0.717) is 17.4 Å². The van der Waals surface area contributed by atoms with Crippen LogP contribution in [0.25, 0.3) is 11.2 Å². The maximum Gasteiger partial charge on any atom is 0.289 e. The normalized spacial score (nSPS) is 19.6. The monoisotopic (exact) mass is 273 g/mol. The summed E-state index contributed by atoms with van der Waals surface area (Å²) in [6.45, 7) is 2.94. The number of carbonyl (C=O) groups excluding carboxylic acids is 1. The Morgan fingerprint density at radius 2 is 2.45 bits per heavy atom. The summed E-state index contributed by atoms with van der Waals surface area (Å²) in [4.78, 5) is 27.9. The number of imidazole rings is 1. The van der Waals surface area contributed by atoms with Crippen molar-refractivity contribution in [3.63, 3.8) is 0 Å². The summed E-state index contributed by atoms with van der Waals surface area (Å²) in [5.41, 5.74) is 1.38. The third kappa shape index (κ3) is 2.51. The van der Waals surface area contributed by atoms with Crippen LogP contribution in [-0.2, 0) is 0 Å². The van der Waals surface area contributed by atoms with Crippen LogP contribution in [0, 0.1) is 5.92 Å². The van der Waals surface area contributed by atoms with Crippen molar-refractivity contribution in [3.8, 4) is 0 Å². The number of hydrogen-bond acceptors (Lipinski definition) is 4. The zero-order chi connectivity index (χ0) is 14.1. The highest BCUT2D eigenvalue weighted by Gasteiger charge is 2.24. The Bertz CT molecular complexity index is 590. The molecule has 106 valence electrons. The Labute approximate surface area is 117 Å². The minimum absolute atomic E-state index is 0.0717. The lowest BCUT2D eigenvalue weighted by atomic mass is 10.1. The topological polar surface area (TPSA) is 65.1 Å². The SMILES string of the molecule is CN1CC[C@H](CN(C)C(=O)c2nc3ncccc3[nH]2)C1. The van der Waals surface area contributed by atoms with Crippen LogP contribution >= 0.6 is 0 Å². The van der Waals surface area contributed by atoms with Crippen LogP contribution in [0.3, 0.4) is 0 Å². The van der Waals surface area contributed by atoms with E-state index in [1.165, 1.54) is 0 Å².